The molecule has 0 aliphatic heterocycles. The third-order valence-electron chi connectivity index (χ3n) is 2.44. The van der Waals surface area contributed by atoms with E-state index in [0.29, 0.717) is 12.2 Å². The van der Waals surface area contributed by atoms with Crippen LogP contribution in [0.1, 0.15) is 24.0 Å². The standard InChI is InChI=1S/C12H13IN4/c1-2-9-11(13)12(14)17-10(16-9)7-8-3-5-15-6-4-8/h3-6H,2,7H2,1H3,(H2,14,16,17). The number of nitrogens with zero attached hydrogens (tertiary/aromatic N) is 3. The molecule has 0 spiro atoms. The molecule has 0 aliphatic carbocycles. The Balaban J connectivity index is 2.31. The van der Waals surface area contributed by atoms with Crippen molar-refractivity contribution in [2.24, 2.45) is 0 Å². The highest BCUT2D eigenvalue weighted by Gasteiger charge is 2.08. The van der Waals surface area contributed by atoms with Crippen LogP contribution in [0, 0.1) is 3.57 Å². The van der Waals surface area contributed by atoms with E-state index in [2.05, 4.69) is 44.5 Å². The van der Waals surface area contributed by atoms with Gasteiger partial charge in [0.15, 0.2) is 0 Å². The van der Waals surface area contributed by atoms with Gasteiger partial charge in [0, 0.05) is 18.8 Å². The summed E-state index contributed by atoms with van der Waals surface area (Å²) in [5.41, 5.74) is 8.04. The van der Waals surface area contributed by atoms with Gasteiger partial charge in [-0.1, -0.05) is 6.92 Å². The Labute approximate surface area is 114 Å². The number of halogens is 1. The molecule has 0 saturated carbocycles. The summed E-state index contributed by atoms with van der Waals surface area (Å²) in [6.45, 7) is 2.07. The van der Waals surface area contributed by atoms with Crippen molar-refractivity contribution in [3.8, 4) is 0 Å². The van der Waals surface area contributed by atoms with Gasteiger partial charge in [0.25, 0.3) is 0 Å². The van der Waals surface area contributed by atoms with E-state index in [4.69, 9.17) is 5.73 Å². The SMILES string of the molecule is CCc1nc(Cc2ccncc2)nc(N)c1I. The second-order valence-corrected chi connectivity index (χ2v) is 4.75. The van der Waals surface area contributed by atoms with Gasteiger partial charge in [-0.3, -0.25) is 4.98 Å². The van der Waals surface area contributed by atoms with E-state index in [1.807, 2.05) is 12.1 Å². The molecule has 2 aromatic heterocycles. The highest BCUT2D eigenvalue weighted by molar-refractivity contribution is 14.1. The molecule has 2 rings (SSSR count). The number of nitrogen functional groups attached to an aromatic ring is 1. The van der Waals surface area contributed by atoms with Crippen molar-refractivity contribution in [3.63, 3.8) is 0 Å². The maximum atomic E-state index is 5.88. The van der Waals surface area contributed by atoms with Gasteiger partial charge in [-0.05, 0) is 46.7 Å². The Kier molecular flexibility index (Phi) is 3.88. The van der Waals surface area contributed by atoms with Crippen LogP contribution in [0.5, 0.6) is 0 Å². The van der Waals surface area contributed by atoms with Crippen LogP contribution in [0.2, 0.25) is 0 Å². The van der Waals surface area contributed by atoms with Crippen molar-refractivity contribution in [2.45, 2.75) is 19.8 Å². The maximum Gasteiger partial charge on any atom is 0.140 e. The number of hydrogen-bond donors (Lipinski definition) is 1. The van der Waals surface area contributed by atoms with E-state index >= 15 is 0 Å². The minimum absolute atomic E-state index is 0.571. The largest absolute Gasteiger partial charge is 0.383 e. The Morgan fingerprint density at radius 3 is 2.59 bits per heavy atom. The first-order valence-corrected chi connectivity index (χ1v) is 6.48. The molecule has 2 heterocycles. The molecule has 2 aromatic rings. The molecule has 5 heteroatoms. The summed E-state index contributed by atoms with van der Waals surface area (Å²) in [7, 11) is 0. The van der Waals surface area contributed by atoms with Crippen LogP contribution >= 0.6 is 22.6 Å². The lowest BCUT2D eigenvalue weighted by Crippen LogP contribution is -2.07. The second kappa shape index (κ2) is 5.39. The molecule has 0 radical (unpaired) electrons. The summed E-state index contributed by atoms with van der Waals surface area (Å²) in [6.07, 6.45) is 5.10. The van der Waals surface area contributed by atoms with Gasteiger partial charge >= 0.3 is 0 Å². The fraction of sp³-hybridized carbons (Fsp3) is 0.250. The lowest BCUT2D eigenvalue weighted by Gasteiger charge is -2.07. The predicted octanol–water partition coefficient (Wildman–Crippen LogP) is 2.21. The van der Waals surface area contributed by atoms with E-state index in [9.17, 15) is 0 Å². The third-order valence-corrected chi connectivity index (χ3v) is 3.61. The van der Waals surface area contributed by atoms with Gasteiger partial charge in [0.1, 0.15) is 11.6 Å². The molecule has 0 bridgehead atoms. The topological polar surface area (TPSA) is 64.7 Å². The molecule has 4 nitrogen and oxygen atoms in total. The summed E-state index contributed by atoms with van der Waals surface area (Å²) in [5.74, 6) is 1.34. The van der Waals surface area contributed by atoms with E-state index in [0.717, 1.165) is 27.1 Å². The number of anilines is 1. The third kappa shape index (κ3) is 2.91. The molecule has 88 valence electrons. The van der Waals surface area contributed by atoms with Gasteiger partial charge in [0.05, 0.1) is 9.26 Å². The molecule has 0 saturated heterocycles. The smallest absolute Gasteiger partial charge is 0.140 e. The summed E-state index contributed by atoms with van der Waals surface area (Å²) in [6, 6.07) is 3.92. The van der Waals surface area contributed by atoms with Crippen LogP contribution in [0.25, 0.3) is 0 Å². The summed E-state index contributed by atoms with van der Waals surface area (Å²) < 4.78 is 0.962. The monoisotopic (exact) mass is 340 g/mol. The molecular weight excluding hydrogens is 327 g/mol. The highest BCUT2D eigenvalue weighted by Crippen LogP contribution is 2.17. The van der Waals surface area contributed by atoms with Gasteiger partial charge in [-0.15, -0.1) is 0 Å². The zero-order chi connectivity index (χ0) is 12.3. The normalized spacial score (nSPS) is 10.5. The first-order chi connectivity index (χ1) is 8.20. The van der Waals surface area contributed by atoms with E-state index < -0.39 is 0 Å². The molecular formula is C12H13IN4. The van der Waals surface area contributed by atoms with Crippen LogP contribution in [-0.2, 0) is 12.8 Å². The van der Waals surface area contributed by atoms with Crippen LogP contribution in [-0.4, -0.2) is 15.0 Å². The van der Waals surface area contributed by atoms with Crippen LogP contribution in [0.15, 0.2) is 24.5 Å². The Morgan fingerprint density at radius 1 is 1.24 bits per heavy atom. The van der Waals surface area contributed by atoms with E-state index in [1.54, 1.807) is 12.4 Å². The zero-order valence-electron chi connectivity index (χ0n) is 9.52. The van der Waals surface area contributed by atoms with Crippen molar-refractivity contribution in [3.05, 3.63) is 45.2 Å². The number of pyridine rings is 1. The Bertz CT molecular complexity index is 513. The summed E-state index contributed by atoms with van der Waals surface area (Å²) in [5, 5.41) is 0. The van der Waals surface area contributed by atoms with Gasteiger partial charge in [-0.2, -0.15) is 0 Å². The average Bonchev–Trinajstić information content (AvgIpc) is 2.35. The molecule has 17 heavy (non-hydrogen) atoms. The predicted molar refractivity (Wildman–Crippen MR) is 75.6 cm³/mol. The second-order valence-electron chi connectivity index (χ2n) is 3.67. The molecule has 0 aromatic carbocycles. The molecule has 0 aliphatic rings. The summed E-state index contributed by atoms with van der Waals surface area (Å²) in [4.78, 5) is 12.8. The van der Waals surface area contributed by atoms with Crippen molar-refractivity contribution < 1.29 is 0 Å². The number of rotatable bonds is 3. The number of hydrogen-bond acceptors (Lipinski definition) is 4. The van der Waals surface area contributed by atoms with Gasteiger partial charge < -0.3 is 5.73 Å². The van der Waals surface area contributed by atoms with Crippen molar-refractivity contribution in [2.75, 3.05) is 5.73 Å². The minimum Gasteiger partial charge on any atom is -0.383 e. The number of nitrogens with two attached hydrogens (primary N) is 1. The fourth-order valence-electron chi connectivity index (χ4n) is 1.56. The van der Waals surface area contributed by atoms with Crippen molar-refractivity contribution in [1.82, 2.24) is 15.0 Å². The van der Waals surface area contributed by atoms with E-state index in [1.165, 1.54) is 0 Å². The fourth-order valence-corrected chi connectivity index (χ4v) is 2.18. The average molecular weight is 340 g/mol. The first-order valence-electron chi connectivity index (χ1n) is 5.40. The molecule has 0 fully saturated rings. The van der Waals surface area contributed by atoms with Crippen molar-refractivity contribution >= 4 is 28.4 Å². The molecule has 2 N–H and O–H groups in total. The highest BCUT2D eigenvalue weighted by atomic mass is 127. The van der Waals surface area contributed by atoms with Crippen LogP contribution < -0.4 is 5.73 Å². The summed E-state index contributed by atoms with van der Waals surface area (Å²) >= 11 is 2.19. The van der Waals surface area contributed by atoms with Gasteiger partial charge in [-0.25, -0.2) is 9.97 Å². The first kappa shape index (κ1) is 12.2. The number of aromatic nitrogens is 3. The Morgan fingerprint density at radius 2 is 1.94 bits per heavy atom. The molecule has 0 unspecified atom stereocenters. The maximum absolute atomic E-state index is 5.88. The van der Waals surface area contributed by atoms with E-state index in [-0.39, 0.29) is 0 Å². The number of aryl methyl sites for hydroxylation is 1. The lowest BCUT2D eigenvalue weighted by molar-refractivity contribution is 0.900. The quantitative estimate of drug-likeness (QED) is 0.871. The lowest BCUT2D eigenvalue weighted by atomic mass is 10.2. The van der Waals surface area contributed by atoms with Gasteiger partial charge in [0.2, 0.25) is 0 Å². The van der Waals surface area contributed by atoms with Crippen LogP contribution in [0.4, 0.5) is 5.82 Å². The zero-order valence-corrected chi connectivity index (χ0v) is 11.7. The van der Waals surface area contributed by atoms with Crippen molar-refractivity contribution in [1.29, 1.82) is 0 Å². The van der Waals surface area contributed by atoms with Crippen LogP contribution in [0.3, 0.4) is 0 Å². The Hall–Kier alpha value is -1.24. The minimum atomic E-state index is 0.571. The molecule has 0 amide bonds. The molecule has 0 atom stereocenters.